The van der Waals surface area contributed by atoms with Crippen molar-refractivity contribution >= 4 is 0 Å². The Kier molecular flexibility index (Phi) is 1.53. The molecule has 2 aliphatic carbocycles. The highest BCUT2D eigenvalue weighted by Crippen LogP contribution is 2.54. The second-order valence-electron chi connectivity index (χ2n) is 3.78. The van der Waals surface area contributed by atoms with Crippen LogP contribution in [0.15, 0.2) is 12.2 Å². The van der Waals surface area contributed by atoms with Crippen molar-refractivity contribution in [1.82, 2.24) is 0 Å². The average molecular weight is 146 g/mol. The van der Waals surface area contributed by atoms with Crippen LogP contribution >= 0.6 is 0 Å². The topological polar surface area (TPSA) is 0 Å². The second-order valence-corrected chi connectivity index (χ2v) is 3.78. The molecule has 0 heterocycles. The minimum Gasteiger partial charge on any atom is -0.120 e. The lowest BCUT2D eigenvalue weighted by Gasteiger charge is -2.23. The van der Waals surface area contributed by atoms with Gasteiger partial charge in [-0.2, -0.15) is 0 Å². The highest BCUT2D eigenvalue weighted by molar-refractivity contribution is 5.19. The molecule has 0 bridgehead atoms. The summed E-state index contributed by atoms with van der Waals surface area (Å²) in [5, 5.41) is 0. The molecule has 0 aromatic heterocycles. The van der Waals surface area contributed by atoms with Crippen molar-refractivity contribution in [2.45, 2.75) is 32.1 Å². The van der Waals surface area contributed by atoms with Crippen LogP contribution in [0.3, 0.4) is 0 Å². The lowest BCUT2D eigenvalue weighted by atomic mass is 9.81. The Balaban J connectivity index is 2.06. The summed E-state index contributed by atoms with van der Waals surface area (Å²) in [6.07, 6.45) is 16.5. The van der Waals surface area contributed by atoms with Crippen LogP contribution in [0.25, 0.3) is 0 Å². The van der Waals surface area contributed by atoms with Gasteiger partial charge in [-0.1, -0.05) is 18.1 Å². The Bertz CT molecular complexity index is 213. The molecule has 0 aromatic carbocycles. The molecule has 0 amide bonds. The maximum atomic E-state index is 5.53. The zero-order valence-electron chi connectivity index (χ0n) is 6.84. The maximum Gasteiger partial charge on any atom is 0.0344 e. The van der Waals surface area contributed by atoms with E-state index in [2.05, 4.69) is 18.1 Å². The fourth-order valence-electron chi connectivity index (χ4n) is 2.10. The molecule has 1 atom stereocenters. The Labute approximate surface area is 68.7 Å². The molecule has 2 rings (SSSR count). The third-order valence-electron chi connectivity index (χ3n) is 3.13. The predicted octanol–water partition coefficient (Wildman–Crippen LogP) is 2.76. The number of terminal acetylenes is 1. The number of rotatable bonds is 1. The Morgan fingerprint density at radius 1 is 1.36 bits per heavy atom. The Morgan fingerprint density at radius 2 is 2.18 bits per heavy atom. The third kappa shape index (κ3) is 1.09. The molecule has 1 saturated carbocycles. The largest absolute Gasteiger partial charge is 0.120 e. The molecule has 0 N–H and O–H groups in total. The van der Waals surface area contributed by atoms with Gasteiger partial charge < -0.3 is 0 Å². The van der Waals surface area contributed by atoms with E-state index in [1.165, 1.54) is 32.1 Å². The first kappa shape index (κ1) is 6.98. The van der Waals surface area contributed by atoms with Gasteiger partial charge in [0.15, 0.2) is 0 Å². The van der Waals surface area contributed by atoms with E-state index in [9.17, 15) is 0 Å². The van der Waals surface area contributed by atoms with Gasteiger partial charge in [0.25, 0.3) is 0 Å². The fraction of sp³-hybridized carbons (Fsp3) is 0.636. The van der Waals surface area contributed by atoms with Gasteiger partial charge >= 0.3 is 0 Å². The van der Waals surface area contributed by atoms with Crippen molar-refractivity contribution in [3.8, 4) is 12.3 Å². The zero-order valence-corrected chi connectivity index (χ0v) is 6.84. The van der Waals surface area contributed by atoms with Crippen molar-refractivity contribution in [1.29, 1.82) is 0 Å². The first-order chi connectivity index (χ1) is 5.37. The highest BCUT2D eigenvalue weighted by atomic mass is 14.5. The van der Waals surface area contributed by atoms with Gasteiger partial charge in [0.05, 0.1) is 0 Å². The smallest absolute Gasteiger partial charge is 0.0344 e. The standard InChI is InChI=1S/C11H14/c1-2-11(8-9-11)10-6-4-3-5-7-10/h1,3-4,10H,5-9H2. The third-order valence-corrected chi connectivity index (χ3v) is 3.13. The van der Waals surface area contributed by atoms with Crippen molar-refractivity contribution in [3.63, 3.8) is 0 Å². The van der Waals surface area contributed by atoms with E-state index >= 15 is 0 Å². The van der Waals surface area contributed by atoms with Gasteiger partial charge in [-0.05, 0) is 38.0 Å². The zero-order chi connectivity index (χ0) is 7.73. The van der Waals surface area contributed by atoms with E-state index in [0.29, 0.717) is 5.41 Å². The van der Waals surface area contributed by atoms with Crippen LogP contribution < -0.4 is 0 Å². The van der Waals surface area contributed by atoms with E-state index in [0.717, 1.165) is 5.92 Å². The lowest BCUT2D eigenvalue weighted by Crippen LogP contribution is -2.15. The van der Waals surface area contributed by atoms with Crippen LogP contribution in [0.4, 0.5) is 0 Å². The van der Waals surface area contributed by atoms with Crippen LogP contribution in [0.2, 0.25) is 0 Å². The molecular weight excluding hydrogens is 132 g/mol. The first-order valence-corrected chi connectivity index (χ1v) is 4.50. The van der Waals surface area contributed by atoms with E-state index in [1.807, 2.05) is 0 Å². The van der Waals surface area contributed by atoms with E-state index in [1.54, 1.807) is 0 Å². The van der Waals surface area contributed by atoms with Crippen LogP contribution in [-0.2, 0) is 0 Å². The summed E-state index contributed by atoms with van der Waals surface area (Å²) in [6, 6.07) is 0. The molecule has 1 fully saturated rings. The summed E-state index contributed by atoms with van der Waals surface area (Å²) in [5.41, 5.74) is 0.338. The molecule has 0 radical (unpaired) electrons. The minimum absolute atomic E-state index is 0.338. The van der Waals surface area contributed by atoms with Crippen molar-refractivity contribution < 1.29 is 0 Å². The van der Waals surface area contributed by atoms with Crippen molar-refractivity contribution in [2.24, 2.45) is 11.3 Å². The van der Waals surface area contributed by atoms with E-state index < -0.39 is 0 Å². The normalized spacial score (nSPS) is 32.8. The van der Waals surface area contributed by atoms with Crippen LogP contribution in [0.5, 0.6) is 0 Å². The molecule has 2 aliphatic rings. The maximum absolute atomic E-state index is 5.53. The fourth-order valence-corrected chi connectivity index (χ4v) is 2.10. The molecule has 0 nitrogen and oxygen atoms in total. The predicted molar refractivity (Wildman–Crippen MR) is 47.0 cm³/mol. The van der Waals surface area contributed by atoms with Crippen LogP contribution in [0.1, 0.15) is 32.1 Å². The second kappa shape index (κ2) is 2.41. The van der Waals surface area contributed by atoms with Gasteiger partial charge in [0.2, 0.25) is 0 Å². The highest BCUT2D eigenvalue weighted by Gasteiger charge is 2.47. The van der Waals surface area contributed by atoms with Crippen molar-refractivity contribution in [3.05, 3.63) is 12.2 Å². The van der Waals surface area contributed by atoms with E-state index in [-0.39, 0.29) is 0 Å². The molecule has 0 aromatic rings. The van der Waals surface area contributed by atoms with Crippen molar-refractivity contribution in [2.75, 3.05) is 0 Å². The summed E-state index contributed by atoms with van der Waals surface area (Å²) in [4.78, 5) is 0. The molecule has 0 heteroatoms. The van der Waals surface area contributed by atoms with Gasteiger partial charge in [0.1, 0.15) is 0 Å². The number of hydrogen-bond acceptors (Lipinski definition) is 0. The lowest BCUT2D eigenvalue weighted by molar-refractivity contribution is 0.357. The summed E-state index contributed by atoms with van der Waals surface area (Å²) < 4.78 is 0. The summed E-state index contributed by atoms with van der Waals surface area (Å²) in [6.45, 7) is 0. The Morgan fingerprint density at radius 3 is 2.64 bits per heavy atom. The van der Waals surface area contributed by atoms with Gasteiger partial charge in [-0.15, -0.1) is 6.42 Å². The average Bonchev–Trinajstić information content (AvgIpc) is 2.86. The quantitative estimate of drug-likeness (QED) is 0.394. The monoisotopic (exact) mass is 146 g/mol. The SMILES string of the molecule is C#CC1(C2CC=CCC2)CC1. The summed E-state index contributed by atoms with van der Waals surface area (Å²) >= 11 is 0. The van der Waals surface area contributed by atoms with Gasteiger partial charge in [-0.25, -0.2) is 0 Å². The van der Waals surface area contributed by atoms with Crippen LogP contribution in [-0.4, -0.2) is 0 Å². The molecule has 0 saturated heterocycles. The Hall–Kier alpha value is -0.700. The molecule has 0 spiro atoms. The molecule has 1 unspecified atom stereocenters. The summed E-state index contributed by atoms with van der Waals surface area (Å²) in [5.74, 6) is 3.79. The number of allylic oxidation sites excluding steroid dienone is 2. The van der Waals surface area contributed by atoms with Gasteiger partial charge in [-0.3, -0.25) is 0 Å². The molecule has 0 aliphatic heterocycles. The number of hydrogen-bond donors (Lipinski definition) is 0. The van der Waals surface area contributed by atoms with Crippen LogP contribution in [0, 0.1) is 23.7 Å². The van der Waals surface area contributed by atoms with Gasteiger partial charge in [0, 0.05) is 5.41 Å². The molecular formula is C11H14. The molecule has 11 heavy (non-hydrogen) atoms. The first-order valence-electron chi connectivity index (χ1n) is 4.50. The molecule has 58 valence electrons. The van der Waals surface area contributed by atoms with E-state index in [4.69, 9.17) is 6.42 Å². The minimum atomic E-state index is 0.338. The summed E-state index contributed by atoms with van der Waals surface area (Å²) in [7, 11) is 0.